The molecule has 63 heavy (non-hydrogen) atoms. The summed E-state index contributed by atoms with van der Waals surface area (Å²) in [5.41, 5.74) is 7.22. The number of nitrogens with two attached hydrogens (primary N) is 1. The third-order valence-electron chi connectivity index (χ3n) is 9.75. The van der Waals surface area contributed by atoms with Gasteiger partial charge in [0.1, 0.15) is 30.9 Å². The van der Waals surface area contributed by atoms with Crippen molar-refractivity contribution in [3.8, 4) is 0 Å². The van der Waals surface area contributed by atoms with E-state index in [0.29, 0.717) is 22.3 Å². The van der Waals surface area contributed by atoms with Crippen LogP contribution in [-0.4, -0.2) is 110 Å². The highest BCUT2D eigenvalue weighted by molar-refractivity contribution is 8.76. The van der Waals surface area contributed by atoms with E-state index >= 15 is 0 Å². The molecule has 22 heteroatoms. The van der Waals surface area contributed by atoms with E-state index in [-0.39, 0.29) is 57.0 Å². The van der Waals surface area contributed by atoms with E-state index in [1.165, 1.54) is 49.3 Å². The molecule has 0 saturated heterocycles. The second-order valence-corrected chi connectivity index (χ2v) is 19.7. The molecular weight excluding hydrogens is 924 g/mol. The fourth-order valence-corrected chi connectivity index (χ4v) is 10.7. The molecule has 0 fully saturated rings. The molecule has 17 nitrogen and oxygen atoms in total. The van der Waals surface area contributed by atoms with Crippen LogP contribution in [-0.2, 0) is 56.1 Å². The quantitative estimate of drug-likeness (QED) is 0.0577. The first-order valence-corrected chi connectivity index (χ1v) is 24.1. The standard InChI is InChI=1S/C41H42Cl2N4O13S3/c1-21(48)45-31(39(52)53)19-61-62-20-32(46-22(2)49)41(55)60-14-13-59-40(54)29(16-23-5-4-6-26(15-23)63(3,56)57)36-28-18-30(42)34(37(44)50)35(43)27(28)9-11-47(36)38(51)25-8-7-24-10-12-58-33(24)17-25/h4-8,10,12,15,17-18,29,31-32,36H,9,11,13-14,16,19-20H2,1-3H3,(H2,44,50)(H,45,48)(H,46,49)(H,52,53)/t29-,31-,32-,36?/m0/s1. The SMILES string of the molecule is CC(=O)N[C@@H](CSSC[C@H](NC(C)=O)C(=O)OCCOC(=O)[C@@H](Cc1cccc(S(C)(=O)=O)c1)C1c2cc(Cl)c(C(N)=O)c(Cl)c2CCN1C(=O)c1ccc2ccoc2c1)C(=O)O. The summed E-state index contributed by atoms with van der Waals surface area (Å²) in [4.78, 5) is 90.8. The summed E-state index contributed by atoms with van der Waals surface area (Å²) in [6.07, 6.45) is 2.44. The lowest BCUT2D eigenvalue weighted by atomic mass is 9.80. The molecule has 1 aliphatic rings. The number of halogens is 2. The summed E-state index contributed by atoms with van der Waals surface area (Å²) < 4.78 is 41.8. The number of hydrogen-bond acceptors (Lipinski definition) is 14. The van der Waals surface area contributed by atoms with Gasteiger partial charge in [-0.15, -0.1) is 0 Å². The zero-order chi connectivity index (χ0) is 46.2. The van der Waals surface area contributed by atoms with Gasteiger partial charge in [-0.2, -0.15) is 0 Å². The van der Waals surface area contributed by atoms with Crippen LogP contribution in [0, 0.1) is 5.92 Å². The highest BCUT2D eigenvalue weighted by atomic mass is 35.5. The number of sulfone groups is 1. The Balaban J connectivity index is 1.44. The molecule has 0 saturated carbocycles. The monoisotopic (exact) mass is 964 g/mol. The molecule has 1 aromatic heterocycles. The number of hydrogen-bond donors (Lipinski definition) is 4. The molecule has 1 unspecified atom stereocenters. The maximum absolute atomic E-state index is 14.6. The van der Waals surface area contributed by atoms with Crippen LogP contribution in [0.3, 0.4) is 0 Å². The summed E-state index contributed by atoms with van der Waals surface area (Å²) in [5.74, 6) is -6.93. The van der Waals surface area contributed by atoms with E-state index in [9.17, 15) is 47.1 Å². The molecule has 336 valence electrons. The van der Waals surface area contributed by atoms with Crippen LogP contribution in [0.25, 0.3) is 11.0 Å². The molecule has 0 radical (unpaired) electrons. The van der Waals surface area contributed by atoms with Crippen LogP contribution in [0.2, 0.25) is 10.0 Å². The number of furan rings is 1. The second kappa shape index (κ2) is 21.4. The van der Waals surface area contributed by atoms with Crippen LogP contribution >= 0.6 is 44.8 Å². The van der Waals surface area contributed by atoms with E-state index in [0.717, 1.165) is 33.2 Å². The topological polar surface area (TPSA) is 259 Å². The van der Waals surface area contributed by atoms with Gasteiger partial charge in [-0.05, 0) is 65.9 Å². The van der Waals surface area contributed by atoms with E-state index in [2.05, 4.69) is 10.6 Å². The zero-order valence-corrected chi connectivity index (χ0v) is 37.8. The number of carbonyl (C=O) groups excluding carboxylic acids is 6. The van der Waals surface area contributed by atoms with E-state index in [1.54, 1.807) is 30.3 Å². The number of carboxylic acids is 1. The Bertz CT molecular complexity index is 2550. The maximum atomic E-state index is 14.6. The minimum Gasteiger partial charge on any atom is -0.480 e. The average Bonchev–Trinajstić information content (AvgIpc) is 3.69. The molecule has 1 aliphatic heterocycles. The molecule has 0 aliphatic carbocycles. The largest absolute Gasteiger partial charge is 0.480 e. The second-order valence-electron chi connectivity index (χ2n) is 14.3. The fourth-order valence-electron chi connectivity index (χ4n) is 6.92. The van der Waals surface area contributed by atoms with Crippen LogP contribution in [0.1, 0.15) is 57.3 Å². The van der Waals surface area contributed by atoms with Gasteiger partial charge in [0.2, 0.25) is 11.8 Å². The number of aliphatic carboxylic acids is 1. The van der Waals surface area contributed by atoms with Gasteiger partial charge in [-0.25, -0.2) is 18.0 Å². The molecule has 4 amide bonds. The number of benzene rings is 3. The number of esters is 2. The van der Waals surface area contributed by atoms with Crippen molar-refractivity contribution in [1.82, 2.24) is 15.5 Å². The van der Waals surface area contributed by atoms with Crippen molar-refractivity contribution in [3.63, 3.8) is 0 Å². The summed E-state index contributed by atoms with van der Waals surface area (Å²) in [7, 11) is -1.60. The molecule has 3 aromatic carbocycles. The van der Waals surface area contributed by atoms with Gasteiger partial charge in [0.05, 0.1) is 38.7 Å². The Kier molecular flexibility index (Phi) is 16.6. The van der Waals surface area contributed by atoms with Gasteiger partial charge >= 0.3 is 17.9 Å². The molecular formula is C41H42Cl2N4O13S3. The number of carboxylic acid groups (broad SMARTS) is 1. The van der Waals surface area contributed by atoms with Crippen LogP contribution in [0.15, 0.2) is 70.2 Å². The first-order valence-electron chi connectivity index (χ1n) is 19.0. The molecule has 2 heterocycles. The lowest BCUT2D eigenvalue weighted by molar-refractivity contribution is -0.157. The summed E-state index contributed by atoms with van der Waals surface area (Å²) in [5, 5.41) is 14.7. The number of nitrogens with one attached hydrogen (secondary N) is 2. The maximum Gasteiger partial charge on any atom is 0.329 e. The Morgan fingerprint density at radius 1 is 0.921 bits per heavy atom. The lowest BCUT2D eigenvalue weighted by Crippen LogP contribution is -2.46. The molecule has 0 bridgehead atoms. The van der Waals surface area contributed by atoms with Crippen molar-refractivity contribution in [2.24, 2.45) is 11.7 Å². The minimum atomic E-state index is -3.70. The smallest absolute Gasteiger partial charge is 0.329 e. The predicted octanol–water partition coefficient (Wildman–Crippen LogP) is 4.40. The van der Waals surface area contributed by atoms with Crippen LogP contribution in [0.4, 0.5) is 0 Å². The first kappa shape index (κ1) is 48.7. The Hall–Kier alpha value is -5.28. The number of fused-ring (bicyclic) bond motifs is 2. The van der Waals surface area contributed by atoms with Crippen molar-refractivity contribution in [3.05, 3.63) is 98.7 Å². The van der Waals surface area contributed by atoms with Gasteiger partial charge in [0.15, 0.2) is 9.84 Å². The summed E-state index contributed by atoms with van der Waals surface area (Å²) in [6.45, 7) is 1.37. The van der Waals surface area contributed by atoms with Crippen molar-refractivity contribution in [2.45, 2.75) is 49.7 Å². The average molecular weight is 966 g/mol. The van der Waals surface area contributed by atoms with Gasteiger partial charge in [-0.1, -0.05) is 63.0 Å². The third kappa shape index (κ3) is 12.5. The zero-order valence-electron chi connectivity index (χ0n) is 33.9. The van der Waals surface area contributed by atoms with Gasteiger partial charge in [0, 0.05) is 49.1 Å². The number of nitrogens with zero attached hydrogens (tertiary/aromatic N) is 1. The van der Waals surface area contributed by atoms with Gasteiger partial charge < -0.3 is 40.3 Å². The molecule has 5 rings (SSSR count). The van der Waals surface area contributed by atoms with Crippen molar-refractivity contribution in [1.29, 1.82) is 0 Å². The first-order chi connectivity index (χ1) is 29.8. The minimum absolute atomic E-state index is 0.0118. The Morgan fingerprint density at radius 3 is 2.21 bits per heavy atom. The van der Waals surface area contributed by atoms with Crippen molar-refractivity contribution >= 4 is 107 Å². The molecule has 4 atom stereocenters. The predicted molar refractivity (Wildman–Crippen MR) is 235 cm³/mol. The number of rotatable bonds is 19. The number of primary amides is 1. The highest BCUT2D eigenvalue weighted by Crippen LogP contribution is 2.44. The van der Waals surface area contributed by atoms with Crippen molar-refractivity contribution in [2.75, 3.05) is 37.5 Å². The highest BCUT2D eigenvalue weighted by Gasteiger charge is 2.43. The molecule has 4 aromatic rings. The number of amides is 4. The fraction of sp³-hybridized carbons (Fsp3) is 0.341. The molecule has 0 spiro atoms. The number of ether oxygens (including phenoxy) is 2. The van der Waals surface area contributed by atoms with Crippen LogP contribution < -0.4 is 16.4 Å². The van der Waals surface area contributed by atoms with E-state index < -0.39 is 88.6 Å². The molecule has 5 N–H and O–H groups in total. The van der Waals surface area contributed by atoms with Crippen molar-refractivity contribution < 1.29 is 61.0 Å². The normalized spacial score (nSPS) is 15.1. The Morgan fingerprint density at radius 2 is 1.57 bits per heavy atom. The van der Waals surface area contributed by atoms with E-state index in [4.69, 9.17) is 42.8 Å². The summed E-state index contributed by atoms with van der Waals surface area (Å²) >= 11 is 13.4. The van der Waals surface area contributed by atoms with Crippen LogP contribution in [0.5, 0.6) is 0 Å². The van der Waals surface area contributed by atoms with E-state index in [1.807, 2.05) is 0 Å². The Labute approximate surface area is 379 Å². The van der Waals surface area contributed by atoms with Gasteiger partial charge in [-0.3, -0.25) is 24.0 Å². The lowest BCUT2D eigenvalue weighted by Gasteiger charge is -2.41. The third-order valence-corrected chi connectivity index (χ3v) is 14.0. The van der Waals surface area contributed by atoms with Gasteiger partial charge in [0.25, 0.3) is 11.8 Å². The number of carbonyl (C=O) groups is 7. The summed E-state index contributed by atoms with van der Waals surface area (Å²) in [6, 6.07) is 10.3.